The van der Waals surface area contributed by atoms with Crippen LogP contribution >= 0.6 is 0 Å². The molecule has 0 amide bonds. The van der Waals surface area contributed by atoms with Crippen molar-refractivity contribution in [2.24, 2.45) is 5.73 Å². The van der Waals surface area contributed by atoms with Crippen molar-refractivity contribution in [2.45, 2.75) is 6.92 Å². The molecule has 0 saturated heterocycles. The Morgan fingerprint density at radius 2 is 2.33 bits per heavy atom. The molecule has 0 aliphatic rings. The quantitative estimate of drug-likeness (QED) is 0.707. The number of carbonyl (C=O) groups excluding carboxylic acids is 1. The van der Waals surface area contributed by atoms with Crippen LogP contribution in [0, 0.1) is 0 Å². The largest absolute Gasteiger partial charge is 0.397 e. The van der Waals surface area contributed by atoms with Crippen molar-refractivity contribution in [3.8, 4) is 0 Å². The lowest BCUT2D eigenvalue weighted by molar-refractivity contribution is 0.101. The lowest BCUT2D eigenvalue weighted by Gasteiger charge is -2.03. The van der Waals surface area contributed by atoms with Gasteiger partial charge in [-0.25, -0.2) is 4.98 Å². The first kappa shape index (κ1) is 9.32. The van der Waals surface area contributed by atoms with Crippen molar-refractivity contribution >= 4 is 17.1 Å². The minimum Gasteiger partial charge on any atom is -0.397 e. The molecule has 2 heterocycles. The Balaban J connectivity index is 2.80. The van der Waals surface area contributed by atoms with E-state index in [0.717, 1.165) is 0 Å². The van der Waals surface area contributed by atoms with Gasteiger partial charge in [-0.05, 0) is 6.07 Å². The number of fused-ring (bicyclic) bond motifs is 1. The third-order valence-corrected chi connectivity index (χ3v) is 1.96. The molecule has 0 saturated carbocycles. The number of nitrogens with two attached hydrogens (primary N) is 1. The van der Waals surface area contributed by atoms with Gasteiger partial charge in [0.15, 0.2) is 11.4 Å². The second-order valence-electron chi connectivity index (χ2n) is 3.11. The summed E-state index contributed by atoms with van der Waals surface area (Å²) in [5, 5.41) is 7.43. The summed E-state index contributed by atoms with van der Waals surface area (Å²) in [6, 6.07) is 1.55. The molecule has 0 atom stereocenters. The molecule has 0 unspecified atom stereocenters. The normalized spacial score (nSPS) is 10.5. The van der Waals surface area contributed by atoms with E-state index >= 15 is 0 Å². The van der Waals surface area contributed by atoms with Gasteiger partial charge < -0.3 is 5.73 Å². The van der Waals surface area contributed by atoms with Gasteiger partial charge in [0.2, 0.25) is 0 Å². The summed E-state index contributed by atoms with van der Waals surface area (Å²) in [6.07, 6.45) is 1.46. The maximum atomic E-state index is 11.3. The van der Waals surface area contributed by atoms with Crippen molar-refractivity contribution in [1.82, 2.24) is 19.8 Å². The SMILES string of the molecule is C=C(N)c1cc(C(C)=O)n2nncc2n1. The van der Waals surface area contributed by atoms with E-state index in [1.54, 1.807) is 6.07 Å². The molecule has 76 valence electrons. The van der Waals surface area contributed by atoms with Gasteiger partial charge in [-0.1, -0.05) is 11.8 Å². The van der Waals surface area contributed by atoms with E-state index in [1.807, 2.05) is 0 Å². The molecule has 2 aromatic heterocycles. The first-order valence-electron chi connectivity index (χ1n) is 4.27. The molecule has 0 radical (unpaired) electrons. The summed E-state index contributed by atoms with van der Waals surface area (Å²) in [5.74, 6) is -0.129. The molecule has 0 aromatic carbocycles. The van der Waals surface area contributed by atoms with Crippen molar-refractivity contribution in [3.63, 3.8) is 0 Å². The smallest absolute Gasteiger partial charge is 0.178 e. The molecule has 6 nitrogen and oxygen atoms in total. The lowest BCUT2D eigenvalue weighted by atomic mass is 10.2. The highest BCUT2D eigenvalue weighted by Crippen LogP contribution is 2.10. The van der Waals surface area contributed by atoms with Gasteiger partial charge in [0.1, 0.15) is 5.69 Å². The molecule has 6 heteroatoms. The average molecular weight is 203 g/mol. The maximum absolute atomic E-state index is 11.3. The Morgan fingerprint density at radius 3 is 2.93 bits per heavy atom. The first-order valence-corrected chi connectivity index (χ1v) is 4.27. The van der Waals surface area contributed by atoms with Crippen LogP contribution in [-0.4, -0.2) is 25.6 Å². The van der Waals surface area contributed by atoms with Crippen molar-refractivity contribution < 1.29 is 4.79 Å². The summed E-state index contributed by atoms with van der Waals surface area (Å²) in [4.78, 5) is 15.5. The Kier molecular flexibility index (Phi) is 1.96. The highest BCUT2D eigenvalue weighted by Gasteiger charge is 2.11. The molecule has 2 N–H and O–H groups in total. The van der Waals surface area contributed by atoms with Crippen LogP contribution in [0.25, 0.3) is 11.3 Å². The number of rotatable bonds is 2. The van der Waals surface area contributed by atoms with Crippen molar-refractivity contribution in [1.29, 1.82) is 0 Å². The number of carbonyl (C=O) groups is 1. The van der Waals surface area contributed by atoms with E-state index in [4.69, 9.17) is 5.73 Å². The van der Waals surface area contributed by atoms with Gasteiger partial charge in [0, 0.05) is 6.92 Å². The van der Waals surface area contributed by atoms with E-state index in [-0.39, 0.29) is 5.78 Å². The van der Waals surface area contributed by atoms with E-state index in [1.165, 1.54) is 17.6 Å². The van der Waals surface area contributed by atoms with E-state index in [0.29, 0.717) is 22.7 Å². The molecule has 2 aromatic rings. The summed E-state index contributed by atoms with van der Waals surface area (Å²) in [7, 11) is 0. The van der Waals surface area contributed by atoms with Gasteiger partial charge in [-0.15, -0.1) is 5.10 Å². The van der Waals surface area contributed by atoms with Gasteiger partial charge in [-0.3, -0.25) is 4.79 Å². The van der Waals surface area contributed by atoms with Crippen LogP contribution < -0.4 is 5.73 Å². The second kappa shape index (κ2) is 3.16. The van der Waals surface area contributed by atoms with Crippen LogP contribution in [0.5, 0.6) is 0 Å². The number of aromatic nitrogens is 4. The zero-order chi connectivity index (χ0) is 11.0. The summed E-state index contributed by atoms with van der Waals surface area (Å²) in [5.41, 5.74) is 7.16. The Morgan fingerprint density at radius 1 is 1.60 bits per heavy atom. The van der Waals surface area contributed by atoms with Crippen LogP contribution in [0.3, 0.4) is 0 Å². The predicted octanol–water partition coefficient (Wildman–Crippen LogP) is 0.256. The standard InChI is InChI=1S/C9H9N5O/c1-5(10)7-3-8(6(2)15)14-9(12-7)4-11-13-14/h3-4H,1,10H2,2H3. The Bertz CT molecular complexity index is 557. The maximum Gasteiger partial charge on any atom is 0.178 e. The molecule has 0 fully saturated rings. The zero-order valence-electron chi connectivity index (χ0n) is 8.14. The molecule has 0 aliphatic carbocycles. The molecule has 0 spiro atoms. The molecule has 2 rings (SSSR count). The summed E-state index contributed by atoms with van der Waals surface area (Å²) in [6.45, 7) is 5.01. The van der Waals surface area contributed by atoms with Gasteiger partial charge in [-0.2, -0.15) is 4.52 Å². The van der Waals surface area contributed by atoms with Crippen LogP contribution in [-0.2, 0) is 0 Å². The van der Waals surface area contributed by atoms with Crippen molar-refractivity contribution in [3.05, 3.63) is 30.2 Å². The molecule has 15 heavy (non-hydrogen) atoms. The van der Waals surface area contributed by atoms with Crippen LogP contribution in [0.2, 0.25) is 0 Å². The summed E-state index contributed by atoms with van der Waals surface area (Å²) < 4.78 is 1.37. The van der Waals surface area contributed by atoms with Crippen LogP contribution in [0.1, 0.15) is 23.1 Å². The van der Waals surface area contributed by atoms with Crippen molar-refractivity contribution in [2.75, 3.05) is 0 Å². The number of nitrogens with zero attached hydrogens (tertiary/aromatic N) is 4. The summed E-state index contributed by atoms with van der Waals surface area (Å²) >= 11 is 0. The molecule has 0 aliphatic heterocycles. The highest BCUT2D eigenvalue weighted by atomic mass is 16.1. The fourth-order valence-corrected chi connectivity index (χ4v) is 1.24. The van der Waals surface area contributed by atoms with Crippen LogP contribution in [0.15, 0.2) is 18.8 Å². The average Bonchev–Trinajstić information content (AvgIpc) is 2.62. The Labute approximate surface area is 85.4 Å². The van der Waals surface area contributed by atoms with Gasteiger partial charge in [0.25, 0.3) is 0 Å². The van der Waals surface area contributed by atoms with Gasteiger partial charge >= 0.3 is 0 Å². The Hall–Kier alpha value is -2.24. The van der Waals surface area contributed by atoms with Gasteiger partial charge in [0.05, 0.1) is 17.6 Å². The first-order chi connectivity index (χ1) is 7.09. The molecular formula is C9H9N5O. The monoisotopic (exact) mass is 203 g/mol. The number of hydrogen-bond donors (Lipinski definition) is 1. The number of Topliss-reactive ketones (excluding diaryl/α,β-unsaturated/α-hetero) is 1. The third-order valence-electron chi connectivity index (χ3n) is 1.96. The minimum atomic E-state index is -0.129. The number of hydrogen-bond acceptors (Lipinski definition) is 5. The lowest BCUT2D eigenvalue weighted by Crippen LogP contribution is -2.08. The molecule has 0 bridgehead atoms. The third kappa shape index (κ3) is 1.45. The van der Waals surface area contributed by atoms with Crippen LogP contribution in [0.4, 0.5) is 0 Å². The predicted molar refractivity (Wildman–Crippen MR) is 54.0 cm³/mol. The second-order valence-corrected chi connectivity index (χ2v) is 3.11. The highest BCUT2D eigenvalue weighted by molar-refractivity contribution is 5.93. The molecular weight excluding hydrogens is 194 g/mol. The minimum absolute atomic E-state index is 0.129. The number of ketones is 1. The fraction of sp³-hybridized carbons (Fsp3) is 0.111. The van der Waals surface area contributed by atoms with E-state index < -0.39 is 0 Å². The van der Waals surface area contributed by atoms with E-state index in [9.17, 15) is 4.79 Å². The van der Waals surface area contributed by atoms with E-state index in [2.05, 4.69) is 21.9 Å². The topological polar surface area (TPSA) is 86.2 Å². The zero-order valence-corrected chi connectivity index (χ0v) is 8.14. The fourth-order valence-electron chi connectivity index (χ4n) is 1.24.